The molecule has 1 N–H and O–H groups in total. The number of ether oxygens (including phenoxy) is 1. The molecule has 27 heavy (non-hydrogen) atoms. The Hall–Kier alpha value is -3.15. The van der Waals surface area contributed by atoms with Gasteiger partial charge in [0, 0.05) is 24.3 Å². The SMILES string of the molecule is CCOC(=O)c1cccc(NC(=O)C2CC(=O)N(c3ccc(C)cc3)C2)c1. The summed E-state index contributed by atoms with van der Waals surface area (Å²) in [7, 11) is 0. The molecule has 1 aliphatic heterocycles. The maximum atomic E-state index is 12.6. The number of nitrogens with zero attached hydrogens (tertiary/aromatic N) is 1. The van der Waals surface area contributed by atoms with Crippen molar-refractivity contribution in [3.63, 3.8) is 0 Å². The van der Waals surface area contributed by atoms with Crippen molar-refractivity contribution in [2.24, 2.45) is 5.92 Å². The molecule has 2 aromatic carbocycles. The molecule has 0 saturated carbocycles. The number of hydrogen-bond donors (Lipinski definition) is 1. The summed E-state index contributed by atoms with van der Waals surface area (Å²) < 4.78 is 4.97. The number of aryl methyl sites for hydroxylation is 1. The van der Waals surface area contributed by atoms with E-state index in [0.29, 0.717) is 17.8 Å². The minimum absolute atomic E-state index is 0.0701. The van der Waals surface area contributed by atoms with Crippen LogP contribution in [0.2, 0.25) is 0 Å². The van der Waals surface area contributed by atoms with Crippen molar-refractivity contribution < 1.29 is 19.1 Å². The maximum Gasteiger partial charge on any atom is 0.338 e. The van der Waals surface area contributed by atoms with Gasteiger partial charge in [-0.2, -0.15) is 0 Å². The Bertz CT molecular complexity index is 861. The lowest BCUT2D eigenvalue weighted by molar-refractivity contribution is -0.122. The van der Waals surface area contributed by atoms with Crippen LogP contribution in [0.25, 0.3) is 0 Å². The van der Waals surface area contributed by atoms with E-state index in [-0.39, 0.29) is 24.8 Å². The molecule has 2 aromatic rings. The van der Waals surface area contributed by atoms with Crippen molar-refractivity contribution in [1.82, 2.24) is 0 Å². The molecule has 1 heterocycles. The standard InChI is InChI=1S/C21H22N2O4/c1-3-27-21(26)15-5-4-6-17(11-15)22-20(25)16-12-19(24)23(13-16)18-9-7-14(2)8-10-18/h4-11,16H,3,12-13H2,1-2H3,(H,22,25). The van der Waals surface area contributed by atoms with Crippen LogP contribution in [0, 0.1) is 12.8 Å². The molecule has 0 radical (unpaired) electrons. The molecule has 6 heteroatoms. The third kappa shape index (κ3) is 4.34. The molecule has 1 saturated heterocycles. The zero-order valence-corrected chi connectivity index (χ0v) is 15.4. The minimum atomic E-state index is -0.440. The monoisotopic (exact) mass is 366 g/mol. The minimum Gasteiger partial charge on any atom is -0.462 e. The van der Waals surface area contributed by atoms with Crippen molar-refractivity contribution >= 4 is 29.2 Å². The van der Waals surface area contributed by atoms with Crippen LogP contribution in [0.15, 0.2) is 48.5 Å². The molecular weight excluding hydrogens is 344 g/mol. The Balaban J connectivity index is 1.67. The quantitative estimate of drug-likeness (QED) is 0.825. The van der Waals surface area contributed by atoms with E-state index in [9.17, 15) is 14.4 Å². The van der Waals surface area contributed by atoms with E-state index in [0.717, 1.165) is 11.3 Å². The van der Waals surface area contributed by atoms with Crippen LogP contribution in [-0.4, -0.2) is 30.9 Å². The molecule has 1 aliphatic rings. The van der Waals surface area contributed by atoms with Gasteiger partial charge in [-0.1, -0.05) is 23.8 Å². The number of esters is 1. The normalized spacial score (nSPS) is 16.3. The third-order valence-corrected chi connectivity index (χ3v) is 4.48. The first-order chi connectivity index (χ1) is 13.0. The Morgan fingerprint density at radius 3 is 2.63 bits per heavy atom. The number of carbonyl (C=O) groups excluding carboxylic acids is 3. The average Bonchev–Trinajstić information content (AvgIpc) is 3.05. The zero-order valence-electron chi connectivity index (χ0n) is 15.4. The van der Waals surface area contributed by atoms with Crippen molar-refractivity contribution in [2.45, 2.75) is 20.3 Å². The second kappa shape index (κ2) is 8.03. The van der Waals surface area contributed by atoms with E-state index in [2.05, 4.69) is 5.32 Å². The van der Waals surface area contributed by atoms with Crippen molar-refractivity contribution in [2.75, 3.05) is 23.4 Å². The Morgan fingerprint density at radius 2 is 1.93 bits per heavy atom. The van der Waals surface area contributed by atoms with Crippen LogP contribution in [-0.2, 0) is 14.3 Å². The van der Waals surface area contributed by atoms with Crippen molar-refractivity contribution in [3.8, 4) is 0 Å². The molecule has 3 rings (SSSR count). The van der Waals surface area contributed by atoms with E-state index in [1.165, 1.54) is 0 Å². The fourth-order valence-electron chi connectivity index (χ4n) is 3.04. The smallest absolute Gasteiger partial charge is 0.338 e. The highest BCUT2D eigenvalue weighted by Crippen LogP contribution is 2.26. The van der Waals surface area contributed by atoms with Gasteiger partial charge in [0.15, 0.2) is 0 Å². The maximum absolute atomic E-state index is 12.6. The highest BCUT2D eigenvalue weighted by atomic mass is 16.5. The van der Waals surface area contributed by atoms with E-state index >= 15 is 0 Å². The summed E-state index contributed by atoms with van der Waals surface area (Å²) in [5, 5.41) is 2.80. The fourth-order valence-corrected chi connectivity index (χ4v) is 3.04. The average molecular weight is 366 g/mol. The lowest BCUT2D eigenvalue weighted by Crippen LogP contribution is -2.28. The zero-order chi connectivity index (χ0) is 19.4. The van der Waals surface area contributed by atoms with Crippen molar-refractivity contribution in [3.05, 3.63) is 59.7 Å². The molecule has 0 aromatic heterocycles. The number of nitrogens with one attached hydrogen (secondary N) is 1. The molecule has 140 valence electrons. The van der Waals surface area contributed by atoms with Crippen LogP contribution >= 0.6 is 0 Å². The Morgan fingerprint density at radius 1 is 1.19 bits per heavy atom. The molecule has 0 spiro atoms. The van der Waals surface area contributed by atoms with Gasteiger partial charge in [-0.15, -0.1) is 0 Å². The van der Waals surface area contributed by atoms with Crippen LogP contribution in [0.3, 0.4) is 0 Å². The summed E-state index contributed by atoms with van der Waals surface area (Å²) in [5.74, 6) is -1.18. The number of carbonyl (C=O) groups is 3. The van der Waals surface area contributed by atoms with Gasteiger partial charge in [0.2, 0.25) is 11.8 Å². The van der Waals surface area contributed by atoms with E-state index in [4.69, 9.17) is 4.74 Å². The fraction of sp³-hybridized carbons (Fsp3) is 0.286. The highest BCUT2D eigenvalue weighted by molar-refractivity contribution is 6.03. The first-order valence-corrected chi connectivity index (χ1v) is 8.93. The summed E-state index contributed by atoms with van der Waals surface area (Å²) in [6.45, 7) is 4.34. The highest BCUT2D eigenvalue weighted by Gasteiger charge is 2.35. The third-order valence-electron chi connectivity index (χ3n) is 4.48. The topological polar surface area (TPSA) is 75.7 Å². The van der Waals surface area contributed by atoms with Crippen LogP contribution in [0.4, 0.5) is 11.4 Å². The van der Waals surface area contributed by atoms with Gasteiger partial charge in [-0.3, -0.25) is 9.59 Å². The van der Waals surface area contributed by atoms with Gasteiger partial charge in [0.05, 0.1) is 18.1 Å². The molecule has 6 nitrogen and oxygen atoms in total. The van der Waals surface area contributed by atoms with Crippen molar-refractivity contribution in [1.29, 1.82) is 0 Å². The summed E-state index contributed by atoms with van der Waals surface area (Å²) in [5.41, 5.74) is 2.79. The van der Waals surface area contributed by atoms with Gasteiger partial charge >= 0.3 is 5.97 Å². The van der Waals surface area contributed by atoms with E-state index in [1.54, 1.807) is 36.1 Å². The molecular formula is C21H22N2O4. The summed E-state index contributed by atoms with van der Waals surface area (Å²) >= 11 is 0. The van der Waals surface area contributed by atoms with Crippen LogP contribution in [0.5, 0.6) is 0 Å². The van der Waals surface area contributed by atoms with Gasteiger partial charge in [0.1, 0.15) is 0 Å². The second-order valence-electron chi connectivity index (χ2n) is 6.53. The van der Waals surface area contributed by atoms with Gasteiger partial charge in [-0.25, -0.2) is 4.79 Å². The summed E-state index contributed by atoms with van der Waals surface area (Å²) in [6.07, 6.45) is 0.164. The predicted octanol–water partition coefficient (Wildman–Crippen LogP) is 3.16. The lowest BCUT2D eigenvalue weighted by atomic mass is 10.1. The number of benzene rings is 2. The van der Waals surface area contributed by atoms with Crippen LogP contribution in [0.1, 0.15) is 29.3 Å². The van der Waals surface area contributed by atoms with E-state index in [1.807, 2.05) is 31.2 Å². The number of rotatable bonds is 5. The summed E-state index contributed by atoms with van der Waals surface area (Å²) in [6, 6.07) is 14.2. The molecule has 1 fully saturated rings. The molecule has 1 atom stereocenters. The predicted molar refractivity (Wildman–Crippen MR) is 103 cm³/mol. The van der Waals surface area contributed by atoms with E-state index < -0.39 is 11.9 Å². The molecule has 2 amide bonds. The number of amides is 2. The first-order valence-electron chi connectivity index (χ1n) is 8.93. The first kappa shape index (κ1) is 18.6. The Labute approximate surface area is 158 Å². The molecule has 0 aliphatic carbocycles. The second-order valence-corrected chi connectivity index (χ2v) is 6.53. The van der Waals surface area contributed by atoms with Gasteiger partial charge in [-0.05, 0) is 44.2 Å². The number of anilines is 2. The largest absolute Gasteiger partial charge is 0.462 e. The van der Waals surface area contributed by atoms with Gasteiger partial charge in [0.25, 0.3) is 0 Å². The Kier molecular flexibility index (Phi) is 5.54. The van der Waals surface area contributed by atoms with Gasteiger partial charge < -0.3 is 15.0 Å². The number of hydrogen-bond acceptors (Lipinski definition) is 4. The summed E-state index contributed by atoms with van der Waals surface area (Å²) in [4.78, 5) is 38.4. The lowest BCUT2D eigenvalue weighted by Gasteiger charge is -2.17. The molecule has 0 bridgehead atoms. The molecule has 1 unspecified atom stereocenters. The van der Waals surface area contributed by atoms with Crippen LogP contribution < -0.4 is 10.2 Å².